The lowest BCUT2D eigenvalue weighted by Crippen LogP contribution is -2.44. The average Bonchev–Trinajstić information content (AvgIpc) is 2.93. The van der Waals surface area contributed by atoms with E-state index in [4.69, 9.17) is 4.74 Å². The molecule has 0 radical (unpaired) electrons. The number of allylic oxidation sites excluding steroid dienone is 1. The summed E-state index contributed by atoms with van der Waals surface area (Å²) < 4.78 is 28.4. The molecule has 24 heavy (non-hydrogen) atoms. The lowest BCUT2D eigenvalue weighted by atomic mass is 9.74. The van der Waals surface area contributed by atoms with Crippen LogP contribution in [0.3, 0.4) is 0 Å². The molecule has 5 nitrogen and oxygen atoms in total. The minimum Gasteiger partial charge on any atom is -0.381 e. The van der Waals surface area contributed by atoms with Crippen LogP contribution in [-0.2, 0) is 24.8 Å². The van der Waals surface area contributed by atoms with Gasteiger partial charge in [0.1, 0.15) is 0 Å². The van der Waals surface area contributed by atoms with Crippen LogP contribution >= 0.6 is 0 Å². The van der Waals surface area contributed by atoms with Crippen molar-refractivity contribution in [2.45, 2.75) is 24.7 Å². The second-order valence-electron chi connectivity index (χ2n) is 6.66. The maximum atomic E-state index is 12.3. The van der Waals surface area contributed by atoms with Gasteiger partial charge in [-0.25, -0.2) is 8.42 Å². The van der Waals surface area contributed by atoms with Gasteiger partial charge in [0, 0.05) is 42.9 Å². The average molecular weight is 349 g/mol. The van der Waals surface area contributed by atoms with Gasteiger partial charge in [-0.3, -0.25) is 4.79 Å². The van der Waals surface area contributed by atoms with Crippen LogP contribution in [0.4, 0.5) is 0 Å². The molecule has 1 atom stereocenters. The quantitative estimate of drug-likeness (QED) is 0.880. The van der Waals surface area contributed by atoms with E-state index in [0.29, 0.717) is 19.8 Å². The summed E-state index contributed by atoms with van der Waals surface area (Å²) in [5.74, 6) is -0.265. The largest absolute Gasteiger partial charge is 0.381 e. The molecule has 0 aromatic heterocycles. The van der Waals surface area contributed by atoms with E-state index < -0.39 is 9.84 Å². The zero-order chi connectivity index (χ0) is 17.0. The fourth-order valence-electron chi connectivity index (χ4n) is 3.47. The molecule has 0 bridgehead atoms. The van der Waals surface area contributed by atoms with Crippen LogP contribution in [0.15, 0.2) is 41.8 Å². The maximum absolute atomic E-state index is 12.3. The number of nitrogens with one attached hydrogen (secondary N) is 1. The highest BCUT2D eigenvalue weighted by atomic mass is 32.2. The van der Waals surface area contributed by atoms with Gasteiger partial charge in [-0.15, -0.1) is 0 Å². The van der Waals surface area contributed by atoms with Crippen molar-refractivity contribution >= 4 is 15.7 Å². The Hall–Kier alpha value is -1.66. The summed E-state index contributed by atoms with van der Waals surface area (Å²) in [7, 11) is -3.11. The molecule has 1 amide bonds. The predicted octanol–water partition coefficient (Wildman–Crippen LogP) is 1.80. The molecule has 1 fully saturated rings. The Morgan fingerprint density at radius 1 is 1.21 bits per heavy atom. The summed E-state index contributed by atoms with van der Waals surface area (Å²) >= 11 is 0. The summed E-state index contributed by atoms with van der Waals surface area (Å²) in [6.45, 7) is 1.94. The van der Waals surface area contributed by atoms with Gasteiger partial charge in [0.05, 0.1) is 5.75 Å². The van der Waals surface area contributed by atoms with E-state index >= 15 is 0 Å². The second kappa shape index (κ2) is 7.07. The van der Waals surface area contributed by atoms with E-state index in [0.717, 1.165) is 12.8 Å². The summed E-state index contributed by atoms with van der Waals surface area (Å²) in [6, 6.07) is 10.2. The van der Waals surface area contributed by atoms with Crippen molar-refractivity contribution in [3.63, 3.8) is 0 Å². The van der Waals surface area contributed by atoms with E-state index in [9.17, 15) is 13.2 Å². The summed E-state index contributed by atoms with van der Waals surface area (Å²) in [6.07, 6.45) is 3.58. The molecule has 6 heteroatoms. The first-order valence-electron chi connectivity index (χ1n) is 8.30. The minimum absolute atomic E-state index is 0.0398. The molecule has 1 N–H and O–H groups in total. The van der Waals surface area contributed by atoms with Crippen LogP contribution < -0.4 is 5.32 Å². The summed E-state index contributed by atoms with van der Waals surface area (Å²) in [5, 5.41) is 4.24. The molecule has 0 aliphatic carbocycles. The molecular weight excluding hydrogens is 326 g/mol. The number of benzene rings is 1. The Balaban J connectivity index is 1.62. The van der Waals surface area contributed by atoms with Crippen LogP contribution in [0.25, 0.3) is 0 Å². The number of rotatable bonds is 5. The van der Waals surface area contributed by atoms with Gasteiger partial charge in [-0.2, -0.15) is 0 Å². The fraction of sp³-hybridized carbons (Fsp3) is 0.500. The molecular formula is C18H23NO4S. The molecule has 1 aromatic rings. The number of ether oxygens (including phenoxy) is 1. The normalized spacial score (nSPS) is 24.6. The molecule has 3 rings (SSSR count). The third-order valence-corrected chi connectivity index (χ3v) is 6.38. The summed E-state index contributed by atoms with van der Waals surface area (Å²) in [5.41, 5.74) is 1.11. The highest BCUT2D eigenvalue weighted by Crippen LogP contribution is 2.34. The van der Waals surface area contributed by atoms with E-state index in [1.807, 2.05) is 18.2 Å². The van der Waals surface area contributed by atoms with Gasteiger partial charge in [0.25, 0.3) is 0 Å². The Morgan fingerprint density at radius 3 is 2.54 bits per heavy atom. The van der Waals surface area contributed by atoms with Gasteiger partial charge in [0.2, 0.25) is 5.91 Å². The van der Waals surface area contributed by atoms with Gasteiger partial charge < -0.3 is 10.1 Å². The van der Waals surface area contributed by atoms with E-state index in [1.165, 1.54) is 11.0 Å². The standard InChI is InChI=1S/C18H23NO4S/c20-17(12-15-6-11-24(21,22)13-15)19-14-18(7-9-23-10-8-18)16-4-2-1-3-5-16/h1-6,11,15H,7-10,12-14H2,(H,19,20)/t15-/m0/s1. The van der Waals surface area contributed by atoms with Crippen molar-refractivity contribution in [2.75, 3.05) is 25.5 Å². The lowest BCUT2D eigenvalue weighted by molar-refractivity contribution is -0.122. The number of hydrogen-bond acceptors (Lipinski definition) is 4. The van der Waals surface area contributed by atoms with Crippen LogP contribution in [0.5, 0.6) is 0 Å². The second-order valence-corrected chi connectivity index (χ2v) is 8.59. The van der Waals surface area contributed by atoms with E-state index in [1.54, 1.807) is 6.08 Å². The maximum Gasteiger partial charge on any atom is 0.220 e. The molecule has 1 saturated heterocycles. The highest BCUT2D eigenvalue weighted by Gasteiger charge is 2.35. The molecule has 2 aliphatic rings. The van der Waals surface area contributed by atoms with Crippen LogP contribution in [0.2, 0.25) is 0 Å². The molecule has 1 aromatic carbocycles. The Labute approximate surface area is 143 Å². The van der Waals surface area contributed by atoms with E-state index in [-0.39, 0.29) is 29.4 Å². The monoisotopic (exact) mass is 349 g/mol. The predicted molar refractivity (Wildman–Crippen MR) is 92.2 cm³/mol. The zero-order valence-electron chi connectivity index (χ0n) is 13.6. The lowest BCUT2D eigenvalue weighted by Gasteiger charge is -2.38. The molecule has 2 aliphatic heterocycles. The van der Waals surface area contributed by atoms with Crippen LogP contribution in [0, 0.1) is 5.92 Å². The third kappa shape index (κ3) is 4.05. The Morgan fingerprint density at radius 2 is 1.92 bits per heavy atom. The van der Waals surface area contributed by atoms with Gasteiger partial charge in [-0.05, 0) is 18.4 Å². The molecule has 0 unspecified atom stereocenters. The number of amides is 1. The van der Waals surface area contributed by atoms with Crippen molar-refractivity contribution in [2.24, 2.45) is 5.92 Å². The first-order valence-corrected chi connectivity index (χ1v) is 10.0. The van der Waals surface area contributed by atoms with Gasteiger partial charge in [0.15, 0.2) is 9.84 Å². The van der Waals surface area contributed by atoms with Crippen molar-refractivity contribution in [3.05, 3.63) is 47.4 Å². The van der Waals surface area contributed by atoms with Crippen LogP contribution in [-0.4, -0.2) is 39.8 Å². The third-order valence-electron chi connectivity index (χ3n) is 4.91. The topological polar surface area (TPSA) is 72.5 Å². The van der Waals surface area contributed by atoms with Gasteiger partial charge >= 0.3 is 0 Å². The zero-order valence-corrected chi connectivity index (χ0v) is 14.4. The Kier molecular flexibility index (Phi) is 5.06. The van der Waals surface area contributed by atoms with Crippen molar-refractivity contribution < 1.29 is 17.9 Å². The molecule has 130 valence electrons. The SMILES string of the molecule is O=C(C[C@@H]1C=CS(=O)(=O)C1)NCC1(c2ccccc2)CCOCC1. The number of carbonyl (C=O) groups is 1. The molecule has 0 spiro atoms. The number of sulfone groups is 1. The molecule has 2 heterocycles. The minimum atomic E-state index is -3.11. The fourth-order valence-corrected chi connectivity index (χ4v) is 4.87. The van der Waals surface area contributed by atoms with Crippen LogP contribution in [0.1, 0.15) is 24.8 Å². The first kappa shape index (κ1) is 17.2. The van der Waals surface area contributed by atoms with Crippen molar-refractivity contribution in [1.29, 1.82) is 0 Å². The van der Waals surface area contributed by atoms with Crippen molar-refractivity contribution in [1.82, 2.24) is 5.32 Å². The van der Waals surface area contributed by atoms with Crippen molar-refractivity contribution in [3.8, 4) is 0 Å². The number of carbonyl (C=O) groups excluding carboxylic acids is 1. The van der Waals surface area contributed by atoms with Gasteiger partial charge in [-0.1, -0.05) is 36.4 Å². The molecule has 0 saturated carbocycles. The summed E-state index contributed by atoms with van der Waals surface area (Å²) in [4.78, 5) is 12.3. The Bertz CT molecular complexity index is 706. The first-order chi connectivity index (χ1) is 11.5. The highest BCUT2D eigenvalue weighted by molar-refractivity contribution is 7.94. The number of hydrogen-bond donors (Lipinski definition) is 1. The van der Waals surface area contributed by atoms with E-state index in [2.05, 4.69) is 17.4 Å². The smallest absolute Gasteiger partial charge is 0.220 e.